The predicted molar refractivity (Wildman–Crippen MR) is 124 cm³/mol. The molecule has 1 aliphatic heterocycles. The van der Waals surface area contributed by atoms with Gasteiger partial charge in [0.25, 0.3) is 5.91 Å². The number of carbonyl (C=O) groups is 1. The van der Waals surface area contributed by atoms with E-state index in [9.17, 15) is 13.6 Å². The van der Waals surface area contributed by atoms with Crippen molar-refractivity contribution in [1.82, 2.24) is 24.7 Å². The van der Waals surface area contributed by atoms with E-state index < -0.39 is 12.5 Å². The highest BCUT2D eigenvalue weighted by Gasteiger charge is 2.24. The summed E-state index contributed by atoms with van der Waals surface area (Å²) in [7, 11) is 0. The molecular formula is C23H21ClF2N6O2. The molecule has 0 atom stereocenters. The highest BCUT2D eigenvalue weighted by atomic mass is 35.5. The summed E-state index contributed by atoms with van der Waals surface area (Å²) in [5, 5.41) is 15.4. The van der Waals surface area contributed by atoms with Crippen LogP contribution in [0.3, 0.4) is 0 Å². The summed E-state index contributed by atoms with van der Waals surface area (Å²) in [6.45, 7) is -1.36. The predicted octanol–water partition coefficient (Wildman–Crippen LogP) is 4.63. The Labute approximate surface area is 198 Å². The highest BCUT2D eigenvalue weighted by molar-refractivity contribution is 6.31. The van der Waals surface area contributed by atoms with Crippen molar-refractivity contribution in [1.29, 1.82) is 0 Å². The Kier molecular flexibility index (Phi) is 6.16. The number of hydrogen-bond donors (Lipinski definition) is 2. The number of pyridine rings is 1. The third-order valence-corrected chi connectivity index (χ3v) is 5.98. The number of benzene rings is 1. The fraction of sp³-hybridized carbons (Fsp3) is 0.261. The van der Waals surface area contributed by atoms with Gasteiger partial charge >= 0.3 is 6.61 Å². The third kappa shape index (κ3) is 4.46. The zero-order valence-electron chi connectivity index (χ0n) is 17.9. The first kappa shape index (κ1) is 22.3. The van der Waals surface area contributed by atoms with Gasteiger partial charge in [-0.05, 0) is 56.3 Å². The Morgan fingerprint density at radius 3 is 2.85 bits per heavy atom. The number of fused-ring (bicyclic) bond motifs is 1. The number of amides is 1. The Bertz CT molecular complexity index is 1330. The summed E-state index contributed by atoms with van der Waals surface area (Å²) >= 11 is 6.18. The molecule has 3 aromatic heterocycles. The van der Waals surface area contributed by atoms with Crippen molar-refractivity contribution in [2.24, 2.45) is 0 Å². The quantitative estimate of drug-likeness (QED) is 0.415. The van der Waals surface area contributed by atoms with Gasteiger partial charge in [-0.3, -0.25) is 9.48 Å². The molecule has 8 nitrogen and oxygen atoms in total. The van der Waals surface area contributed by atoms with Crippen LogP contribution in [0.2, 0.25) is 5.02 Å². The number of rotatable bonds is 6. The molecule has 1 saturated heterocycles. The zero-order valence-corrected chi connectivity index (χ0v) is 18.7. The van der Waals surface area contributed by atoms with Gasteiger partial charge < -0.3 is 15.4 Å². The van der Waals surface area contributed by atoms with E-state index in [1.54, 1.807) is 27.7 Å². The largest absolute Gasteiger partial charge is 0.434 e. The van der Waals surface area contributed by atoms with Crippen molar-refractivity contribution in [3.8, 4) is 17.0 Å². The van der Waals surface area contributed by atoms with Crippen LogP contribution in [0.25, 0.3) is 16.8 Å². The molecule has 0 unspecified atom stereocenters. The second-order valence-electron chi connectivity index (χ2n) is 7.91. The van der Waals surface area contributed by atoms with Gasteiger partial charge in [0.2, 0.25) is 0 Å². The first-order valence-corrected chi connectivity index (χ1v) is 11.2. The Hall–Kier alpha value is -3.50. The summed E-state index contributed by atoms with van der Waals surface area (Å²) in [5.74, 6) is -0.480. The summed E-state index contributed by atoms with van der Waals surface area (Å²) in [6.07, 6.45) is 6.64. The number of hydrogen-bond acceptors (Lipinski definition) is 5. The van der Waals surface area contributed by atoms with E-state index in [-0.39, 0.29) is 17.4 Å². The molecular weight excluding hydrogens is 466 g/mol. The summed E-state index contributed by atoms with van der Waals surface area (Å²) in [6, 6.07) is 9.84. The van der Waals surface area contributed by atoms with E-state index in [2.05, 4.69) is 20.8 Å². The average Bonchev–Trinajstić information content (AvgIpc) is 3.45. The molecule has 0 radical (unpaired) electrons. The topological polar surface area (TPSA) is 85.5 Å². The van der Waals surface area contributed by atoms with Crippen LogP contribution in [0.15, 0.2) is 55.0 Å². The van der Waals surface area contributed by atoms with Crippen molar-refractivity contribution >= 4 is 28.7 Å². The number of ether oxygens (including phenoxy) is 1. The van der Waals surface area contributed by atoms with Crippen molar-refractivity contribution in [2.75, 3.05) is 18.4 Å². The number of nitrogens with one attached hydrogen (secondary N) is 2. The maximum Gasteiger partial charge on any atom is 0.387 e. The van der Waals surface area contributed by atoms with Crippen LogP contribution in [0.1, 0.15) is 29.2 Å². The maximum absolute atomic E-state index is 13.2. The first-order valence-electron chi connectivity index (χ1n) is 10.8. The standard InChI is InChI=1S/C23H21ClF2N6O2/c24-14-4-5-20(34-23(25)26)16(11-14)21-18(13-32(30-21)15-6-8-27-9-7-15)29-22(33)17-12-28-31-10-2-1-3-19(17)31/h1-5,10-13,15,23,27H,6-9H2,(H,29,33). The van der Waals surface area contributed by atoms with Crippen molar-refractivity contribution < 1.29 is 18.3 Å². The number of aromatic nitrogens is 4. The zero-order chi connectivity index (χ0) is 23.7. The van der Waals surface area contributed by atoms with Crippen molar-refractivity contribution in [2.45, 2.75) is 25.5 Å². The molecule has 1 aliphatic rings. The lowest BCUT2D eigenvalue weighted by Crippen LogP contribution is -2.29. The molecule has 0 bridgehead atoms. The van der Waals surface area contributed by atoms with Crippen LogP contribution in [0.4, 0.5) is 14.5 Å². The Balaban J connectivity index is 1.57. The molecule has 1 fully saturated rings. The number of halogens is 3. The number of piperidine rings is 1. The van der Waals surface area contributed by atoms with Crippen LogP contribution in [0.5, 0.6) is 5.75 Å². The van der Waals surface area contributed by atoms with Crippen molar-refractivity contribution in [3.63, 3.8) is 0 Å². The van der Waals surface area contributed by atoms with E-state index in [1.165, 1.54) is 24.4 Å². The Morgan fingerprint density at radius 2 is 2.06 bits per heavy atom. The van der Waals surface area contributed by atoms with Gasteiger partial charge in [-0.2, -0.15) is 19.0 Å². The molecule has 176 valence electrons. The average molecular weight is 487 g/mol. The van der Waals surface area contributed by atoms with Gasteiger partial charge in [-0.25, -0.2) is 4.52 Å². The molecule has 4 heterocycles. The van der Waals surface area contributed by atoms with Gasteiger partial charge in [0.15, 0.2) is 0 Å². The molecule has 0 aliphatic carbocycles. The summed E-state index contributed by atoms with van der Waals surface area (Å²) in [4.78, 5) is 13.2. The van der Waals surface area contributed by atoms with E-state index in [0.29, 0.717) is 27.5 Å². The maximum atomic E-state index is 13.2. The van der Waals surface area contributed by atoms with Crippen LogP contribution >= 0.6 is 11.6 Å². The second kappa shape index (κ2) is 9.40. The van der Waals surface area contributed by atoms with E-state index in [1.807, 2.05) is 12.1 Å². The van der Waals surface area contributed by atoms with E-state index in [0.717, 1.165) is 25.9 Å². The molecule has 34 heavy (non-hydrogen) atoms. The fourth-order valence-electron chi connectivity index (χ4n) is 4.13. The lowest BCUT2D eigenvalue weighted by Gasteiger charge is -2.22. The molecule has 0 spiro atoms. The number of alkyl halides is 2. The normalized spacial score (nSPS) is 14.6. The first-order chi connectivity index (χ1) is 16.5. The van der Waals surface area contributed by atoms with Gasteiger partial charge in [-0.15, -0.1) is 0 Å². The monoisotopic (exact) mass is 486 g/mol. The number of nitrogens with zero attached hydrogens (tertiary/aromatic N) is 4. The molecule has 1 amide bonds. The lowest BCUT2D eigenvalue weighted by molar-refractivity contribution is -0.0494. The molecule has 5 rings (SSSR count). The minimum Gasteiger partial charge on any atom is -0.434 e. The van der Waals surface area contributed by atoms with Gasteiger partial charge in [0, 0.05) is 23.0 Å². The molecule has 1 aromatic carbocycles. The summed E-state index contributed by atoms with van der Waals surface area (Å²) < 4.78 is 34.3. The van der Waals surface area contributed by atoms with Crippen LogP contribution in [-0.4, -0.2) is 45.0 Å². The molecule has 4 aromatic rings. The number of carbonyl (C=O) groups excluding carboxylic acids is 1. The van der Waals surface area contributed by atoms with Gasteiger partial charge in [-0.1, -0.05) is 17.7 Å². The van der Waals surface area contributed by atoms with E-state index >= 15 is 0 Å². The van der Waals surface area contributed by atoms with E-state index in [4.69, 9.17) is 16.3 Å². The van der Waals surface area contributed by atoms with Crippen LogP contribution < -0.4 is 15.4 Å². The fourth-order valence-corrected chi connectivity index (χ4v) is 4.30. The third-order valence-electron chi connectivity index (χ3n) is 5.75. The van der Waals surface area contributed by atoms with Gasteiger partial charge in [0.05, 0.1) is 29.0 Å². The molecule has 2 N–H and O–H groups in total. The molecule has 11 heteroatoms. The SMILES string of the molecule is O=C(Nc1cn(C2CCNCC2)nc1-c1cc(Cl)ccc1OC(F)F)c1cnn2ccccc12. The highest BCUT2D eigenvalue weighted by Crippen LogP contribution is 2.38. The molecule has 0 saturated carbocycles. The number of anilines is 1. The minimum atomic E-state index is -3.02. The minimum absolute atomic E-state index is 0.0820. The summed E-state index contributed by atoms with van der Waals surface area (Å²) in [5.41, 5.74) is 1.92. The smallest absolute Gasteiger partial charge is 0.387 e. The van der Waals surface area contributed by atoms with Gasteiger partial charge in [0.1, 0.15) is 11.4 Å². The van der Waals surface area contributed by atoms with Crippen LogP contribution in [-0.2, 0) is 0 Å². The van der Waals surface area contributed by atoms with Crippen LogP contribution in [0, 0.1) is 0 Å². The second-order valence-corrected chi connectivity index (χ2v) is 8.35. The lowest BCUT2D eigenvalue weighted by atomic mass is 10.1. The van der Waals surface area contributed by atoms with Crippen molar-refractivity contribution in [3.05, 3.63) is 65.6 Å². The Morgan fingerprint density at radius 1 is 1.24 bits per heavy atom.